The van der Waals surface area contributed by atoms with Crippen molar-refractivity contribution in [1.82, 2.24) is 10.2 Å². The monoisotopic (exact) mass is 485 g/mol. The van der Waals surface area contributed by atoms with Crippen molar-refractivity contribution < 1.29 is 19.1 Å². The molecule has 5 rings (SSSR count). The van der Waals surface area contributed by atoms with E-state index in [0.717, 1.165) is 27.9 Å². The summed E-state index contributed by atoms with van der Waals surface area (Å²) in [6.07, 6.45) is 0.627. The third-order valence-corrected chi connectivity index (χ3v) is 7.23. The van der Waals surface area contributed by atoms with E-state index >= 15 is 0 Å². The van der Waals surface area contributed by atoms with Gasteiger partial charge in [-0.05, 0) is 50.5 Å². The number of aryl methyl sites for hydroxylation is 2. The topological polar surface area (TPSA) is 79.9 Å². The largest absolute Gasteiger partial charge is 0.493 e. The minimum absolute atomic E-state index is 0.215. The average Bonchev–Trinajstić information content (AvgIpc) is 2.85. The van der Waals surface area contributed by atoms with Crippen LogP contribution >= 0.6 is 0 Å². The molecule has 7 nitrogen and oxygen atoms in total. The van der Waals surface area contributed by atoms with Crippen molar-refractivity contribution in [3.63, 3.8) is 0 Å². The molecule has 3 atom stereocenters. The SMILES string of the molecule is COc1cccc2c1O[C@@]1(C)[C@@H](C(=O)Nc3ccc(C)cc3C)[C@H]2NC(=O)N1CCc1ccccc1. The number of nitrogens with one attached hydrogen (secondary N) is 2. The van der Waals surface area contributed by atoms with Crippen LogP contribution in [0.5, 0.6) is 11.5 Å². The van der Waals surface area contributed by atoms with Gasteiger partial charge >= 0.3 is 6.03 Å². The van der Waals surface area contributed by atoms with Crippen LogP contribution in [0, 0.1) is 19.8 Å². The number of carbonyl (C=O) groups excluding carboxylic acids is 2. The Labute approximate surface area is 211 Å². The fraction of sp³-hybridized carbons (Fsp3) is 0.310. The molecule has 1 fully saturated rings. The number of carbonyl (C=O) groups is 2. The van der Waals surface area contributed by atoms with E-state index in [9.17, 15) is 9.59 Å². The zero-order valence-electron chi connectivity index (χ0n) is 21.0. The molecule has 7 heteroatoms. The Morgan fingerprint density at radius 3 is 2.61 bits per heavy atom. The van der Waals surface area contributed by atoms with Crippen LogP contribution in [0.25, 0.3) is 0 Å². The minimum Gasteiger partial charge on any atom is -0.493 e. The first-order chi connectivity index (χ1) is 17.3. The van der Waals surface area contributed by atoms with E-state index in [1.165, 1.54) is 0 Å². The Kier molecular flexibility index (Phi) is 6.08. The van der Waals surface area contributed by atoms with Gasteiger partial charge in [0, 0.05) is 17.8 Å². The summed E-state index contributed by atoms with van der Waals surface area (Å²) in [4.78, 5) is 28.9. The lowest BCUT2D eigenvalue weighted by atomic mass is 9.78. The molecule has 186 valence electrons. The van der Waals surface area contributed by atoms with E-state index in [1.807, 2.05) is 87.5 Å². The summed E-state index contributed by atoms with van der Waals surface area (Å²) >= 11 is 0. The molecule has 3 aromatic carbocycles. The summed E-state index contributed by atoms with van der Waals surface area (Å²) in [5.41, 5.74) is 3.43. The van der Waals surface area contributed by atoms with Crippen LogP contribution in [-0.4, -0.2) is 36.2 Å². The lowest BCUT2D eigenvalue weighted by molar-refractivity contribution is -0.154. The van der Waals surface area contributed by atoms with Crippen LogP contribution < -0.4 is 20.1 Å². The molecule has 2 aliphatic heterocycles. The van der Waals surface area contributed by atoms with Gasteiger partial charge < -0.3 is 20.1 Å². The van der Waals surface area contributed by atoms with E-state index in [1.54, 1.807) is 12.0 Å². The molecule has 0 aliphatic carbocycles. The van der Waals surface area contributed by atoms with Gasteiger partial charge in [0.2, 0.25) is 5.91 Å². The number of nitrogens with zero attached hydrogens (tertiary/aromatic N) is 1. The summed E-state index contributed by atoms with van der Waals surface area (Å²) in [6.45, 7) is 6.20. The molecule has 0 unspecified atom stereocenters. The van der Waals surface area contributed by atoms with E-state index in [4.69, 9.17) is 9.47 Å². The van der Waals surface area contributed by atoms with Gasteiger partial charge in [-0.15, -0.1) is 0 Å². The Balaban J connectivity index is 1.54. The number of ether oxygens (including phenoxy) is 2. The van der Waals surface area contributed by atoms with Gasteiger partial charge in [0.25, 0.3) is 0 Å². The fourth-order valence-corrected chi connectivity index (χ4v) is 5.37. The fourth-order valence-electron chi connectivity index (χ4n) is 5.37. The van der Waals surface area contributed by atoms with E-state index in [0.29, 0.717) is 24.5 Å². The predicted molar refractivity (Wildman–Crippen MR) is 138 cm³/mol. The number of hydrogen-bond donors (Lipinski definition) is 2. The van der Waals surface area contributed by atoms with Gasteiger partial charge in [-0.1, -0.05) is 60.2 Å². The third kappa shape index (κ3) is 4.04. The molecule has 0 aromatic heterocycles. The maximum Gasteiger partial charge on any atom is 0.321 e. The van der Waals surface area contributed by atoms with Crippen LogP contribution in [0.1, 0.15) is 35.2 Å². The molecule has 2 aliphatic rings. The van der Waals surface area contributed by atoms with Gasteiger partial charge in [0.1, 0.15) is 5.92 Å². The van der Waals surface area contributed by atoms with E-state index in [-0.39, 0.29) is 11.9 Å². The molecule has 36 heavy (non-hydrogen) atoms. The highest BCUT2D eigenvalue weighted by molar-refractivity contribution is 5.96. The zero-order chi connectivity index (χ0) is 25.4. The number of rotatable bonds is 6. The van der Waals surface area contributed by atoms with Crippen molar-refractivity contribution >= 4 is 17.6 Å². The standard InChI is InChI=1S/C29H31N3O4/c1-18-13-14-22(19(2)17-18)30-27(33)24-25-21-11-8-12-23(35-4)26(21)36-29(24,3)32(28(34)31-25)16-15-20-9-6-5-7-10-20/h5-14,17,24-25H,15-16H2,1-4H3,(H,30,33)(H,31,34)/t24-,25+,29+/m1/s1. The number of amides is 3. The maximum atomic E-state index is 13.9. The number of para-hydroxylation sites is 1. The van der Waals surface area contributed by atoms with Crippen molar-refractivity contribution in [1.29, 1.82) is 0 Å². The zero-order valence-corrected chi connectivity index (χ0v) is 21.0. The molecular formula is C29H31N3O4. The Morgan fingerprint density at radius 2 is 1.89 bits per heavy atom. The summed E-state index contributed by atoms with van der Waals surface area (Å²) in [7, 11) is 1.59. The number of fused-ring (bicyclic) bond motifs is 4. The van der Waals surface area contributed by atoms with Crippen molar-refractivity contribution in [2.24, 2.45) is 5.92 Å². The predicted octanol–water partition coefficient (Wildman–Crippen LogP) is 4.98. The summed E-state index contributed by atoms with van der Waals surface area (Å²) in [6, 6.07) is 20.6. The number of urea groups is 1. The Morgan fingerprint density at radius 1 is 1.11 bits per heavy atom. The first kappa shape index (κ1) is 23.7. The maximum absolute atomic E-state index is 13.9. The van der Waals surface area contributed by atoms with Gasteiger partial charge in [-0.2, -0.15) is 0 Å². The highest BCUT2D eigenvalue weighted by Crippen LogP contribution is 2.51. The summed E-state index contributed by atoms with van der Waals surface area (Å²) in [5.74, 6) is 0.197. The van der Waals surface area contributed by atoms with E-state index in [2.05, 4.69) is 10.6 Å². The first-order valence-corrected chi connectivity index (χ1v) is 12.2. The Bertz CT molecular complexity index is 1310. The molecular weight excluding hydrogens is 454 g/mol. The highest BCUT2D eigenvalue weighted by Gasteiger charge is 2.60. The molecule has 2 N–H and O–H groups in total. The molecule has 3 amide bonds. The smallest absolute Gasteiger partial charge is 0.321 e. The van der Waals surface area contributed by atoms with Crippen LogP contribution in [-0.2, 0) is 11.2 Å². The van der Waals surface area contributed by atoms with Crippen molar-refractivity contribution in [2.75, 3.05) is 19.0 Å². The molecule has 0 saturated carbocycles. The van der Waals surface area contributed by atoms with Gasteiger partial charge in [0.05, 0.1) is 13.2 Å². The molecule has 2 heterocycles. The second kappa shape index (κ2) is 9.22. The number of hydrogen-bond acceptors (Lipinski definition) is 4. The summed E-state index contributed by atoms with van der Waals surface area (Å²) < 4.78 is 12.2. The summed E-state index contributed by atoms with van der Waals surface area (Å²) in [5, 5.41) is 6.20. The van der Waals surface area contributed by atoms with Crippen molar-refractivity contribution in [2.45, 2.75) is 39.0 Å². The van der Waals surface area contributed by atoms with Crippen LogP contribution in [0.15, 0.2) is 66.7 Å². The van der Waals surface area contributed by atoms with Gasteiger partial charge in [-0.25, -0.2) is 4.79 Å². The van der Waals surface area contributed by atoms with Gasteiger partial charge in [-0.3, -0.25) is 9.69 Å². The second-order valence-corrected chi connectivity index (χ2v) is 9.64. The average molecular weight is 486 g/mol. The normalized spacial score (nSPS) is 22.2. The quantitative estimate of drug-likeness (QED) is 0.516. The van der Waals surface area contributed by atoms with Crippen molar-refractivity contribution in [3.8, 4) is 11.5 Å². The van der Waals surface area contributed by atoms with Crippen LogP contribution in [0.2, 0.25) is 0 Å². The molecule has 0 spiro atoms. The first-order valence-electron chi connectivity index (χ1n) is 12.2. The lowest BCUT2D eigenvalue weighted by Gasteiger charge is -2.54. The van der Waals surface area contributed by atoms with Crippen LogP contribution in [0.4, 0.5) is 10.5 Å². The number of benzene rings is 3. The number of anilines is 1. The van der Waals surface area contributed by atoms with Crippen LogP contribution in [0.3, 0.4) is 0 Å². The Hall–Kier alpha value is -4.00. The molecule has 3 aromatic rings. The highest BCUT2D eigenvalue weighted by atomic mass is 16.5. The van der Waals surface area contributed by atoms with Crippen molar-refractivity contribution in [3.05, 3.63) is 89.0 Å². The van der Waals surface area contributed by atoms with Gasteiger partial charge in [0.15, 0.2) is 17.2 Å². The third-order valence-electron chi connectivity index (χ3n) is 7.23. The molecule has 1 saturated heterocycles. The lowest BCUT2D eigenvalue weighted by Crippen LogP contribution is -2.72. The minimum atomic E-state index is -1.23. The number of methoxy groups -OCH3 is 1. The molecule has 0 radical (unpaired) electrons. The second-order valence-electron chi connectivity index (χ2n) is 9.64. The molecule has 2 bridgehead atoms. The van der Waals surface area contributed by atoms with E-state index < -0.39 is 17.7 Å².